The molecule has 0 heterocycles. The number of ether oxygens (including phenoxy) is 1. The number of halogens is 3. The Morgan fingerprint density at radius 1 is 1.47 bits per heavy atom. The summed E-state index contributed by atoms with van der Waals surface area (Å²) in [4.78, 5) is 10.7. The van der Waals surface area contributed by atoms with Gasteiger partial charge in [0.05, 0.1) is 6.10 Å². The Bertz CT molecular complexity index is 209. The van der Waals surface area contributed by atoms with Crippen molar-refractivity contribution in [2.45, 2.75) is 45.1 Å². The molecule has 4 nitrogen and oxygen atoms in total. The Hall–Kier alpha value is -0.820. The summed E-state index contributed by atoms with van der Waals surface area (Å²) in [6.45, 7) is 2.41. The van der Waals surface area contributed by atoms with Crippen molar-refractivity contribution in [1.29, 1.82) is 0 Å². The summed E-state index contributed by atoms with van der Waals surface area (Å²) in [6.07, 6.45) is -6.59. The van der Waals surface area contributed by atoms with E-state index in [0.717, 1.165) is 6.92 Å². The largest absolute Gasteiger partial charge is 0.414 e. The second-order valence-electron chi connectivity index (χ2n) is 3.24. The van der Waals surface area contributed by atoms with Gasteiger partial charge in [0.25, 0.3) is 0 Å². The van der Waals surface area contributed by atoms with E-state index >= 15 is 0 Å². The Labute approximate surface area is 85.9 Å². The van der Waals surface area contributed by atoms with E-state index in [9.17, 15) is 18.0 Å². The Balaban J connectivity index is 3.84. The van der Waals surface area contributed by atoms with Crippen LogP contribution >= 0.6 is 0 Å². The predicted molar refractivity (Wildman–Crippen MR) is 47.6 cm³/mol. The fraction of sp³-hybridized carbons (Fsp3) is 0.875. The molecule has 3 N–H and O–H groups in total. The lowest BCUT2D eigenvalue weighted by molar-refractivity contribution is -0.225. The third kappa shape index (κ3) is 6.29. The molecule has 0 aliphatic rings. The molecule has 0 radical (unpaired) electrons. The van der Waals surface area contributed by atoms with Gasteiger partial charge in [0, 0.05) is 6.42 Å². The maximum Gasteiger partial charge on any atom is 0.414 e. The van der Waals surface area contributed by atoms with Gasteiger partial charge >= 0.3 is 6.18 Å². The first-order valence-electron chi connectivity index (χ1n) is 4.49. The number of hydrogen-bond acceptors (Lipinski definition) is 3. The van der Waals surface area contributed by atoms with Gasteiger partial charge in [0.2, 0.25) is 5.91 Å². The molecule has 0 saturated carbocycles. The number of nitrogens with two attached hydrogens (primary N) is 1. The highest BCUT2D eigenvalue weighted by molar-refractivity contribution is 5.75. The fourth-order valence-corrected chi connectivity index (χ4v) is 0.900. The van der Waals surface area contributed by atoms with Crippen molar-refractivity contribution in [3.05, 3.63) is 0 Å². The summed E-state index contributed by atoms with van der Waals surface area (Å²) in [5.74, 6) is 4.38. The van der Waals surface area contributed by atoms with Crippen LogP contribution in [-0.4, -0.2) is 24.3 Å². The number of rotatable bonds is 5. The summed E-state index contributed by atoms with van der Waals surface area (Å²) in [7, 11) is 0. The Kier molecular flexibility index (Phi) is 5.59. The number of carbonyl (C=O) groups is 1. The highest BCUT2D eigenvalue weighted by atomic mass is 19.4. The Morgan fingerprint density at radius 3 is 2.40 bits per heavy atom. The van der Waals surface area contributed by atoms with Crippen molar-refractivity contribution in [1.82, 2.24) is 5.43 Å². The van der Waals surface area contributed by atoms with Crippen LogP contribution in [0.25, 0.3) is 0 Å². The molecule has 0 aromatic heterocycles. The summed E-state index contributed by atoms with van der Waals surface area (Å²) in [6, 6.07) is 0. The topological polar surface area (TPSA) is 64.4 Å². The zero-order chi connectivity index (χ0) is 12.1. The molecule has 0 aromatic carbocycles. The fourth-order valence-electron chi connectivity index (χ4n) is 0.900. The van der Waals surface area contributed by atoms with Crippen molar-refractivity contribution in [3.63, 3.8) is 0 Å². The van der Waals surface area contributed by atoms with Crippen LogP contribution in [0.1, 0.15) is 26.7 Å². The van der Waals surface area contributed by atoms with Gasteiger partial charge in [-0.15, -0.1) is 0 Å². The molecule has 2 unspecified atom stereocenters. The maximum absolute atomic E-state index is 12.1. The van der Waals surface area contributed by atoms with Crippen LogP contribution in [0, 0.1) is 0 Å². The number of nitrogens with one attached hydrogen (secondary N) is 1. The van der Waals surface area contributed by atoms with Crippen LogP contribution in [0.5, 0.6) is 0 Å². The number of carbonyl (C=O) groups excluding carboxylic acids is 1. The van der Waals surface area contributed by atoms with Gasteiger partial charge in [-0.2, -0.15) is 13.2 Å². The van der Waals surface area contributed by atoms with E-state index < -0.39 is 24.3 Å². The maximum atomic E-state index is 12.1. The molecule has 0 spiro atoms. The van der Waals surface area contributed by atoms with Crippen molar-refractivity contribution >= 4 is 5.91 Å². The molecular weight excluding hydrogens is 213 g/mol. The minimum atomic E-state index is -4.37. The standard InChI is InChI=1S/C8H15F3N2O2/c1-5(3-4-7(14)13-12)15-6(2)8(9,10)11/h5-6H,3-4,12H2,1-2H3,(H,13,14). The van der Waals surface area contributed by atoms with Gasteiger partial charge in [-0.25, -0.2) is 5.84 Å². The zero-order valence-corrected chi connectivity index (χ0v) is 8.60. The summed E-state index contributed by atoms with van der Waals surface area (Å²) in [5.41, 5.74) is 1.89. The third-order valence-corrected chi connectivity index (χ3v) is 1.84. The minimum Gasteiger partial charge on any atom is -0.366 e. The monoisotopic (exact) mass is 228 g/mol. The molecular formula is C8H15F3N2O2. The minimum absolute atomic E-state index is 0.0439. The molecule has 2 atom stereocenters. The van der Waals surface area contributed by atoms with E-state index in [-0.39, 0.29) is 12.8 Å². The molecule has 15 heavy (non-hydrogen) atoms. The van der Waals surface area contributed by atoms with Crippen LogP contribution in [0.3, 0.4) is 0 Å². The number of amides is 1. The average molecular weight is 228 g/mol. The van der Waals surface area contributed by atoms with E-state index in [1.807, 2.05) is 5.43 Å². The molecule has 0 fully saturated rings. The van der Waals surface area contributed by atoms with Crippen LogP contribution < -0.4 is 11.3 Å². The van der Waals surface area contributed by atoms with Gasteiger partial charge in [-0.3, -0.25) is 10.2 Å². The van der Waals surface area contributed by atoms with E-state index in [1.54, 1.807) is 0 Å². The van der Waals surface area contributed by atoms with Gasteiger partial charge in [0.15, 0.2) is 6.10 Å². The van der Waals surface area contributed by atoms with E-state index in [0.29, 0.717) is 0 Å². The van der Waals surface area contributed by atoms with Crippen LogP contribution in [0.15, 0.2) is 0 Å². The number of hydrogen-bond donors (Lipinski definition) is 2. The second kappa shape index (κ2) is 5.92. The van der Waals surface area contributed by atoms with E-state index in [1.165, 1.54) is 6.92 Å². The van der Waals surface area contributed by atoms with Crippen LogP contribution in [0.4, 0.5) is 13.2 Å². The first-order valence-corrected chi connectivity index (χ1v) is 4.49. The van der Waals surface area contributed by atoms with Crippen LogP contribution in [-0.2, 0) is 9.53 Å². The predicted octanol–water partition coefficient (Wildman–Crippen LogP) is 1.11. The average Bonchev–Trinajstić information content (AvgIpc) is 2.12. The molecule has 7 heteroatoms. The third-order valence-electron chi connectivity index (χ3n) is 1.84. The van der Waals surface area contributed by atoms with Gasteiger partial charge in [-0.05, 0) is 20.3 Å². The van der Waals surface area contributed by atoms with Crippen molar-refractivity contribution < 1.29 is 22.7 Å². The van der Waals surface area contributed by atoms with E-state index in [2.05, 4.69) is 4.74 Å². The van der Waals surface area contributed by atoms with Gasteiger partial charge < -0.3 is 4.74 Å². The summed E-state index contributed by atoms with van der Waals surface area (Å²) in [5, 5.41) is 0. The van der Waals surface area contributed by atoms with Gasteiger partial charge in [-0.1, -0.05) is 0 Å². The van der Waals surface area contributed by atoms with Crippen molar-refractivity contribution in [3.8, 4) is 0 Å². The summed E-state index contributed by atoms with van der Waals surface area (Å²) >= 11 is 0. The molecule has 90 valence electrons. The van der Waals surface area contributed by atoms with Crippen molar-refractivity contribution in [2.75, 3.05) is 0 Å². The molecule has 0 rings (SSSR count). The molecule has 0 aromatic rings. The molecule has 0 bridgehead atoms. The Morgan fingerprint density at radius 2 is 2.00 bits per heavy atom. The smallest absolute Gasteiger partial charge is 0.366 e. The molecule has 0 aliphatic heterocycles. The molecule has 0 aliphatic carbocycles. The highest BCUT2D eigenvalue weighted by Gasteiger charge is 2.37. The van der Waals surface area contributed by atoms with E-state index in [4.69, 9.17) is 5.84 Å². The lowest BCUT2D eigenvalue weighted by atomic mass is 10.2. The first-order chi connectivity index (χ1) is 6.77. The molecule has 1 amide bonds. The first kappa shape index (κ1) is 14.2. The van der Waals surface area contributed by atoms with Crippen molar-refractivity contribution in [2.24, 2.45) is 5.84 Å². The lowest BCUT2D eigenvalue weighted by Gasteiger charge is -2.21. The second-order valence-corrected chi connectivity index (χ2v) is 3.24. The lowest BCUT2D eigenvalue weighted by Crippen LogP contribution is -2.33. The SMILES string of the molecule is CC(CCC(=O)NN)OC(C)C(F)(F)F. The number of alkyl halides is 3. The normalized spacial score (nSPS) is 15.9. The zero-order valence-electron chi connectivity index (χ0n) is 8.60. The summed E-state index contributed by atoms with van der Waals surface area (Å²) < 4.78 is 40.8. The van der Waals surface area contributed by atoms with Crippen LogP contribution in [0.2, 0.25) is 0 Å². The molecule has 0 saturated heterocycles. The number of hydrazine groups is 1. The quantitative estimate of drug-likeness (QED) is 0.421. The van der Waals surface area contributed by atoms with Gasteiger partial charge in [0.1, 0.15) is 0 Å². The highest BCUT2D eigenvalue weighted by Crippen LogP contribution is 2.24.